The maximum absolute atomic E-state index is 6.18. The Bertz CT molecular complexity index is 1110. The highest BCUT2D eigenvalue weighted by Crippen LogP contribution is 2.29. The molecule has 0 unspecified atom stereocenters. The molecular formula is C19H17ClN6O. The van der Waals surface area contributed by atoms with Crippen LogP contribution in [0.25, 0.3) is 5.65 Å². The van der Waals surface area contributed by atoms with Crippen LogP contribution in [0, 0.1) is 13.8 Å². The Morgan fingerprint density at radius 2 is 1.93 bits per heavy atom. The first-order valence-corrected chi connectivity index (χ1v) is 8.79. The summed E-state index contributed by atoms with van der Waals surface area (Å²) in [6, 6.07) is 15.2. The molecule has 136 valence electrons. The van der Waals surface area contributed by atoms with Crippen LogP contribution in [0.3, 0.4) is 0 Å². The van der Waals surface area contributed by atoms with Gasteiger partial charge < -0.3 is 10.1 Å². The van der Waals surface area contributed by atoms with Gasteiger partial charge in [-0.1, -0.05) is 17.7 Å². The molecule has 0 saturated heterocycles. The van der Waals surface area contributed by atoms with Crippen molar-refractivity contribution in [3.05, 3.63) is 70.2 Å². The lowest BCUT2D eigenvalue weighted by Crippen LogP contribution is -2.06. The van der Waals surface area contributed by atoms with Gasteiger partial charge in [0.05, 0.1) is 0 Å². The Kier molecular flexibility index (Phi) is 4.60. The van der Waals surface area contributed by atoms with Crippen molar-refractivity contribution in [3.63, 3.8) is 0 Å². The van der Waals surface area contributed by atoms with Gasteiger partial charge >= 0.3 is 0 Å². The first-order valence-electron chi connectivity index (χ1n) is 8.41. The van der Waals surface area contributed by atoms with Crippen LogP contribution in [0.5, 0.6) is 11.5 Å². The molecule has 0 radical (unpaired) electrons. The van der Waals surface area contributed by atoms with E-state index in [-0.39, 0.29) is 0 Å². The van der Waals surface area contributed by atoms with Crippen LogP contribution < -0.4 is 10.1 Å². The quantitative estimate of drug-likeness (QED) is 0.559. The fourth-order valence-electron chi connectivity index (χ4n) is 2.62. The molecule has 27 heavy (non-hydrogen) atoms. The van der Waals surface area contributed by atoms with Gasteiger partial charge in [0.15, 0.2) is 5.65 Å². The lowest BCUT2D eigenvalue weighted by Gasteiger charge is -2.13. The molecule has 0 bridgehead atoms. The zero-order chi connectivity index (χ0) is 18.8. The molecule has 0 aliphatic heterocycles. The predicted molar refractivity (Wildman–Crippen MR) is 103 cm³/mol. The third kappa shape index (κ3) is 3.83. The smallest absolute Gasteiger partial charge is 0.200 e. The first-order chi connectivity index (χ1) is 13.1. The maximum atomic E-state index is 6.18. The molecule has 4 rings (SSSR count). The minimum atomic E-state index is 0.487. The minimum Gasteiger partial charge on any atom is -0.457 e. The van der Waals surface area contributed by atoms with Crippen LogP contribution in [0.4, 0.5) is 5.82 Å². The third-order valence-corrected chi connectivity index (χ3v) is 4.49. The summed E-state index contributed by atoms with van der Waals surface area (Å²) >= 11 is 6.18. The number of hydrogen-bond acceptors (Lipinski definition) is 6. The Hall–Kier alpha value is -3.19. The number of aromatic nitrogens is 5. The molecule has 0 atom stereocenters. The average Bonchev–Trinajstić information content (AvgIpc) is 3.12. The molecule has 0 aliphatic rings. The van der Waals surface area contributed by atoms with E-state index in [9.17, 15) is 0 Å². The third-order valence-electron chi connectivity index (χ3n) is 4.26. The number of benzene rings is 2. The summed E-state index contributed by atoms with van der Waals surface area (Å²) in [4.78, 5) is 0. The Morgan fingerprint density at radius 3 is 2.78 bits per heavy atom. The summed E-state index contributed by atoms with van der Waals surface area (Å²) in [5.41, 5.74) is 3.91. The number of nitrogens with one attached hydrogen (secondary N) is 1. The van der Waals surface area contributed by atoms with E-state index in [0.717, 1.165) is 17.1 Å². The lowest BCUT2D eigenvalue weighted by atomic mass is 10.1. The summed E-state index contributed by atoms with van der Waals surface area (Å²) in [6.07, 6.45) is 0. The van der Waals surface area contributed by atoms with E-state index in [1.54, 1.807) is 6.07 Å². The summed E-state index contributed by atoms with van der Waals surface area (Å²) in [5, 5.41) is 19.4. The van der Waals surface area contributed by atoms with Crippen LogP contribution in [0.2, 0.25) is 5.02 Å². The number of fused-ring (bicyclic) bond motifs is 1. The van der Waals surface area contributed by atoms with Crippen molar-refractivity contribution in [1.82, 2.24) is 25.3 Å². The van der Waals surface area contributed by atoms with Gasteiger partial charge in [-0.15, -0.1) is 14.8 Å². The summed E-state index contributed by atoms with van der Waals surface area (Å²) in [7, 11) is 0. The van der Waals surface area contributed by atoms with Crippen molar-refractivity contribution in [2.45, 2.75) is 20.4 Å². The van der Waals surface area contributed by atoms with Crippen molar-refractivity contribution < 1.29 is 4.74 Å². The fourth-order valence-corrected chi connectivity index (χ4v) is 2.81. The average molecular weight is 381 g/mol. The molecule has 0 aliphatic carbocycles. The van der Waals surface area contributed by atoms with Crippen molar-refractivity contribution >= 4 is 23.1 Å². The normalized spacial score (nSPS) is 10.9. The molecule has 0 saturated carbocycles. The highest BCUT2D eigenvalue weighted by molar-refractivity contribution is 6.30. The SMILES string of the molecule is Cc1ccc(Oc2ccc(Cl)cc2CNc2ccc3nnnn3n2)cc1C. The first kappa shape index (κ1) is 17.2. The van der Waals surface area contributed by atoms with Crippen molar-refractivity contribution in [2.24, 2.45) is 0 Å². The monoisotopic (exact) mass is 380 g/mol. The van der Waals surface area contributed by atoms with Gasteiger partial charge in [0, 0.05) is 17.1 Å². The molecule has 0 fully saturated rings. The summed E-state index contributed by atoms with van der Waals surface area (Å²) in [5.74, 6) is 2.17. The molecule has 8 heteroatoms. The van der Waals surface area contributed by atoms with E-state index < -0.39 is 0 Å². The molecule has 2 heterocycles. The largest absolute Gasteiger partial charge is 0.457 e. The van der Waals surface area contributed by atoms with E-state index in [2.05, 4.69) is 39.8 Å². The van der Waals surface area contributed by atoms with Gasteiger partial charge in [-0.2, -0.15) is 0 Å². The van der Waals surface area contributed by atoms with Crippen LogP contribution in [-0.4, -0.2) is 25.3 Å². The van der Waals surface area contributed by atoms with Crippen molar-refractivity contribution in [1.29, 1.82) is 0 Å². The topological polar surface area (TPSA) is 77.2 Å². The fraction of sp³-hybridized carbons (Fsp3) is 0.158. The van der Waals surface area contributed by atoms with Crippen LogP contribution in [0.15, 0.2) is 48.5 Å². The zero-order valence-electron chi connectivity index (χ0n) is 14.8. The van der Waals surface area contributed by atoms with Gasteiger partial charge in [-0.05, 0) is 77.9 Å². The van der Waals surface area contributed by atoms with E-state index in [1.165, 1.54) is 15.8 Å². The molecule has 1 N–H and O–H groups in total. The Labute approximate surface area is 160 Å². The predicted octanol–water partition coefficient (Wildman–Crippen LogP) is 4.19. The number of anilines is 1. The summed E-state index contributed by atoms with van der Waals surface area (Å²) < 4.78 is 7.46. The number of halogens is 1. The number of aryl methyl sites for hydroxylation is 2. The zero-order valence-corrected chi connectivity index (χ0v) is 15.6. The van der Waals surface area contributed by atoms with Crippen LogP contribution in [-0.2, 0) is 6.54 Å². The molecule has 2 aromatic heterocycles. The second-order valence-corrected chi connectivity index (χ2v) is 6.64. The van der Waals surface area contributed by atoms with E-state index in [1.807, 2.05) is 42.5 Å². The molecule has 0 spiro atoms. The molecule has 0 amide bonds. The molecular weight excluding hydrogens is 364 g/mol. The van der Waals surface area contributed by atoms with Crippen LogP contribution in [0.1, 0.15) is 16.7 Å². The number of nitrogens with zero attached hydrogens (tertiary/aromatic N) is 5. The number of ether oxygens (including phenoxy) is 1. The summed E-state index contributed by atoms with van der Waals surface area (Å²) in [6.45, 7) is 4.62. The van der Waals surface area contributed by atoms with Gasteiger partial charge in [-0.3, -0.25) is 0 Å². The van der Waals surface area contributed by atoms with E-state index >= 15 is 0 Å². The van der Waals surface area contributed by atoms with Gasteiger partial charge in [-0.25, -0.2) is 0 Å². The number of tetrazole rings is 1. The van der Waals surface area contributed by atoms with E-state index in [0.29, 0.717) is 23.0 Å². The molecule has 2 aromatic carbocycles. The lowest BCUT2D eigenvalue weighted by molar-refractivity contribution is 0.476. The second kappa shape index (κ2) is 7.20. The van der Waals surface area contributed by atoms with Gasteiger partial charge in [0.25, 0.3) is 0 Å². The van der Waals surface area contributed by atoms with Crippen LogP contribution >= 0.6 is 11.6 Å². The van der Waals surface area contributed by atoms with E-state index in [4.69, 9.17) is 16.3 Å². The number of hydrogen-bond donors (Lipinski definition) is 1. The highest BCUT2D eigenvalue weighted by atomic mass is 35.5. The standard InChI is InChI=1S/C19H17ClN6O/c1-12-3-5-16(9-13(12)2)27-17-6-4-15(20)10-14(17)11-21-18-7-8-19-22-24-25-26(19)23-18/h3-10H,11H2,1-2H3,(H,21,23). The Balaban J connectivity index is 1.56. The highest BCUT2D eigenvalue weighted by Gasteiger charge is 2.08. The number of rotatable bonds is 5. The van der Waals surface area contributed by atoms with Crippen molar-refractivity contribution in [3.8, 4) is 11.5 Å². The van der Waals surface area contributed by atoms with Gasteiger partial charge in [0.1, 0.15) is 17.3 Å². The van der Waals surface area contributed by atoms with Crippen molar-refractivity contribution in [2.75, 3.05) is 5.32 Å². The Morgan fingerprint density at radius 1 is 1.04 bits per heavy atom. The second-order valence-electron chi connectivity index (χ2n) is 6.20. The molecule has 4 aromatic rings. The van der Waals surface area contributed by atoms with Gasteiger partial charge in [0.2, 0.25) is 0 Å². The maximum Gasteiger partial charge on any atom is 0.200 e. The minimum absolute atomic E-state index is 0.487. The molecule has 7 nitrogen and oxygen atoms in total.